The molecule has 45 heavy (non-hydrogen) atoms. The molecule has 0 aromatic heterocycles. The van der Waals surface area contributed by atoms with E-state index in [4.69, 9.17) is 23.7 Å². The van der Waals surface area contributed by atoms with Crippen LogP contribution in [0.1, 0.15) is 75.2 Å². The van der Waals surface area contributed by atoms with Gasteiger partial charge in [0.2, 0.25) is 5.76 Å². The number of carbonyl (C=O) groups excluding carboxylic acids is 1. The van der Waals surface area contributed by atoms with Crippen LogP contribution in [-0.4, -0.2) is 85.0 Å². The Morgan fingerprint density at radius 1 is 1.02 bits per heavy atom. The Hall–Kier alpha value is -2.01. The fraction of sp³-hybridized carbons (Fsp3) is 0.750. The van der Waals surface area contributed by atoms with E-state index in [2.05, 4.69) is 0 Å². The number of aliphatic hydroxyl groups excluding tert-OH is 3. The molecule has 0 radical (unpaired) electrons. The maximum atomic E-state index is 13.6. The maximum absolute atomic E-state index is 13.6. The summed E-state index contributed by atoms with van der Waals surface area (Å²) in [5, 5.41) is 33.8. The van der Waals surface area contributed by atoms with Gasteiger partial charge in [0.25, 0.3) is 0 Å². The first-order valence-electron chi connectivity index (χ1n) is 16.3. The Bertz CT molecular complexity index is 1080. The van der Waals surface area contributed by atoms with Gasteiger partial charge in [-0.3, -0.25) is 0 Å². The molecule has 0 aromatic carbocycles. The summed E-state index contributed by atoms with van der Waals surface area (Å²) in [7, 11) is 4.46. The van der Waals surface area contributed by atoms with Crippen LogP contribution >= 0.6 is 0 Å². The number of cyclic esters (lactones) is 1. The third-order valence-electron chi connectivity index (χ3n) is 9.81. The smallest absolute Gasteiger partial charge is 0.373 e. The van der Waals surface area contributed by atoms with Crippen molar-refractivity contribution in [2.45, 2.75) is 118 Å². The van der Waals surface area contributed by atoms with Crippen LogP contribution in [0.2, 0.25) is 0 Å². The first kappa shape index (κ1) is 39.2. The van der Waals surface area contributed by atoms with Crippen molar-refractivity contribution in [2.24, 2.45) is 35.5 Å². The van der Waals surface area contributed by atoms with Crippen LogP contribution in [0.3, 0.4) is 0 Å². The van der Waals surface area contributed by atoms with Crippen LogP contribution in [0, 0.1) is 35.5 Å². The number of hydrogen-bond donors (Lipinski definition) is 3. The Morgan fingerprint density at radius 2 is 1.67 bits per heavy atom. The molecular weight excluding hydrogens is 576 g/mol. The van der Waals surface area contributed by atoms with Gasteiger partial charge >= 0.3 is 5.97 Å². The molecule has 2 heterocycles. The second-order valence-electron chi connectivity index (χ2n) is 13.7. The number of ether oxygens (including phenoxy) is 5. The predicted molar refractivity (Wildman–Crippen MR) is 175 cm³/mol. The van der Waals surface area contributed by atoms with E-state index in [1.807, 2.05) is 73.6 Å². The maximum Gasteiger partial charge on any atom is 0.373 e. The summed E-state index contributed by atoms with van der Waals surface area (Å²) in [6, 6.07) is 0. The van der Waals surface area contributed by atoms with Gasteiger partial charge in [-0.05, 0) is 38.2 Å². The zero-order chi connectivity index (χ0) is 34.2. The summed E-state index contributed by atoms with van der Waals surface area (Å²) in [6.07, 6.45) is 5.75. The van der Waals surface area contributed by atoms with Gasteiger partial charge in [-0.25, -0.2) is 4.79 Å². The molecule has 258 valence electrons. The second kappa shape index (κ2) is 17.2. The number of rotatable bonds is 8. The van der Waals surface area contributed by atoms with Gasteiger partial charge in [-0.1, -0.05) is 83.9 Å². The summed E-state index contributed by atoms with van der Waals surface area (Å²) in [5.41, 5.74) is 1.82. The van der Waals surface area contributed by atoms with E-state index in [-0.39, 0.29) is 42.0 Å². The molecule has 9 heteroatoms. The zero-order valence-corrected chi connectivity index (χ0v) is 29.5. The van der Waals surface area contributed by atoms with E-state index < -0.39 is 54.1 Å². The van der Waals surface area contributed by atoms with Crippen LogP contribution in [0.4, 0.5) is 0 Å². The molecule has 0 unspecified atom stereocenters. The van der Waals surface area contributed by atoms with Gasteiger partial charge < -0.3 is 39.0 Å². The van der Waals surface area contributed by atoms with Gasteiger partial charge in [0.05, 0.1) is 31.5 Å². The van der Waals surface area contributed by atoms with Crippen LogP contribution < -0.4 is 0 Å². The molecule has 3 N–H and O–H groups in total. The molecule has 2 rings (SSSR count). The zero-order valence-electron chi connectivity index (χ0n) is 29.5. The summed E-state index contributed by atoms with van der Waals surface area (Å²) in [5.74, 6) is -3.38. The molecule has 0 saturated carbocycles. The number of allylic oxidation sites excluding steroid dienone is 5. The molecule has 0 amide bonds. The summed E-state index contributed by atoms with van der Waals surface area (Å²) < 4.78 is 29.9. The SMILES string of the molecule is CO/C1=C/C(C)=C/[C@@H](C)[C@H](O)[C@@H](C)C/C(C)=C/C=C/[C@H](OC)[C@@H]([C@@H](C)[C@@H](O)[C@H](C)[C@]2(OC)C[C@H](O)[C@@H](C)[C@H](C(C)C)O2)OC1=O. The monoisotopic (exact) mass is 636 g/mol. The van der Waals surface area contributed by atoms with Crippen molar-refractivity contribution in [3.63, 3.8) is 0 Å². The van der Waals surface area contributed by atoms with Crippen LogP contribution in [0.15, 0.2) is 47.3 Å². The molecule has 0 bridgehead atoms. The highest BCUT2D eigenvalue weighted by Gasteiger charge is 2.53. The van der Waals surface area contributed by atoms with E-state index >= 15 is 0 Å². The molecule has 0 spiro atoms. The van der Waals surface area contributed by atoms with Gasteiger partial charge in [-0.15, -0.1) is 0 Å². The molecule has 1 fully saturated rings. The highest BCUT2D eigenvalue weighted by molar-refractivity contribution is 5.87. The average molecular weight is 637 g/mol. The van der Waals surface area contributed by atoms with Crippen LogP contribution in [0.25, 0.3) is 0 Å². The fourth-order valence-electron chi connectivity index (χ4n) is 6.84. The highest BCUT2D eigenvalue weighted by atomic mass is 16.7. The van der Waals surface area contributed by atoms with E-state index in [1.165, 1.54) is 21.3 Å². The summed E-state index contributed by atoms with van der Waals surface area (Å²) >= 11 is 0. The third-order valence-corrected chi connectivity index (χ3v) is 9.81. The number of aliphatic hydroxyl groups is 3. The molecule has 0 aliphatic carbocycles. The topological polar surface area (TPSA) is 124 Å². The Morgan fingerprint density at radius 3 is 2.22 bits per heavy atom. The Labute approximate surface area is 271 Å². The van der Waals surface area contributed by atoms with Crippen molar-refractivity contribution in [3.05, 3.63) is 47.3 Å². The van der Waals surface area contributed by atoms with Crippen molar-refractivity contribution < 1.29 is 43.8 Å². The lowest BCUT2D eigenvalue weighted by molar-refractivity contribution is -0.338. The lowest BCUT2D eigenvalue weighted by atomic mass is 9.76. The minimum absolute atomic E-state index is 0.00647. The van der Waals surface area contributed by atoms with E-state index in [1.54, 1.807) is 19.1 Å². The molecule has 2 aliphatic heterocycles. The second-order valence-corrected chi connectivity index (χ2v) is 13.7. The van der Waals surface area contributed by atoms with Crippen molar-refractivity contribution >= 4 is 5.97 Å². The fourth-order valence-corrected chi connectivity index (χ4v) is 6.84. The number of hydrogen-bond acceptors (Lipinski definition) is 9. The lowest BCUT2D eigenvalue weighted by Crippen LogP contribution is -2.60. The molecule has 1 saturated heterocycles. The number of carbonyl (C=O) groups is 1. The third kappa shape index (κ3) is 9.75. The van der Waals surface area contributed by atoms with Gasteiger partial charge in [0.15, 0.2) is 5.79 Å². The van der Waals surface area contributed by atoms with Crippen LogP contribution in [-0.2, 0) is 28.5 Å². The van der Waals surface area contributed by atoms with E-state index in [9.17, 15) is 20.1 Å². The summed E-state index contributed by atoms with van der Waals surface area (Å²) in [4.78, 5) is 13.6. The highest BCUT2D eigenvalue weighted by Crippen LogP contribution is 2.43. The Kier molecular flexibility index (Phi) is 15.0. The minimum Gasteiger partial charge on any atom is -0.490 e. The molecule has 0 aromatic rings. The predicted octanol–water partition coefficient (Wildman–Crippen LogP) is 5.35. The van der Waals surface area contributed by atoms with Crippen molar-refractivity contribution in [3.8, 4) is 0 Å². The summed E-state index contributed by atoms with van der Waals surface area (Å²) in [6.45, 7) is 17.5. The molecule has 2 aliphatic rings. The molecule has 12 atom stereocenters. The quantitative estimate of drug-likeness (QED) is 0.303. The standard InChI is InChI=1S/C36H60O9/c1-20(2)33-25(7)28(37)19-36(43-12,45-33)27(9)32(39)26(8)34-29(41-10)15-13-14-21(3)16-23(5)31(38)24(6)17-22(4)18-30(42-11)35(40)44-34/h13-15,17-18,20,23-29,31-34,37-39H,16,19H2,1-12H3/b15-13+,21-14+,22-17+,30-18+/t23-,24+,25+,26-,27-,28-,29-,31+,32+,33-,34+,36-/m0/s1. The largest absolute Gasteiger partial charge is 0.490 e. The van der Waals surface area contributed by atoms with Crippen LogP contribution in [0.5, 0.6) is 0 Å². The minimum atomic E-state index is -1.26. The lowest BCUT2D eigenvalue weighted by Gasteiger charge is -2.51. The van der Waals surface area contributed by atoms with Gasteiger partial charge in [0, 0.05) is 44.3 Å². The van der Waals surface area contributed by atoms with Gasteiger partial charge in [-0.2, -0.15) is 0 Å². The van der Waals surface area contributed by atoms with Crippen molar-refractivity contribution in [1.82, 2.24) is 0 Å². The molecular formula is C36H60O9. The number of esters is 1. The van der Waals surface area contributed by atoms with E-state index in [0.29, 0.717) is 6.42 Å². The first-order chi connectivity index (χ1) is 21.0. The van der Waals surface area contributed by atoms with Crippen molar-refractivity contribution in [1.29, 1.82) is 0 Å². The number of methoxy groups -OCH3 is 3. The normalized spacial score (nSPS) is 40.5. The molecule has 9 nitrogen and oxygen atoms in total. The first-order valence-corrected chi connectivity index (χ1v) is 16.3. The average Bonchev–Trinajstić information content (AvgIpc) is 2.99. The Balaban J connectivity index is 2.56. The van der Waals surface area contributed by atoms with Crippen molar-refractivity contribution in [2.75, 3.05) is 21.3 Å². The van der Waals surface area contributed by atoms with Gasteiger partial charge in [0.1, 0.15) is 12.2 Å². The van der Waals surface area contributed by atoms with E-state index in [0.717, 1.165) is 11.1 Å².